The van der Waals surface area contributed by atoms with Gasteiger partial charge in [-0.15, -0.1) is 12.4 Å². The van der Waals surface area contributed by atoms with Crippen molar-refractivity contribution in [3.05, 3.63) is 39.2 Å². The van der Waals surface area contributed by atoms with Crippen molar-refractivity contribution >= 4 is 24.0 Å². The van der Waals surface area contributed by atoms with Crippen LogP contribution in [0.2, 0.25) is 0 Å². The van der Waals surface area contributed by atoms with E-state index in [2.05, 4.69) is 10.6 Å². The number of nitro benzene ring substituents is 1. The summed E-state index contributed by atoms with van der Waals surface area (Å²) in [7, 11) is 0. The first kappa shape index (κ1) is 18.3. The lowest BCUT2D eigenvalue weighted by atomic mass is 10.0. The molecule has 0 bridgehead atoms. The third kappa shape index (κ3) is 3.90. The van der Waals surface area contributed by atoms with Crippen LogP contribution in [0.15, 0.2) is 12.1 Å². The number of nitro groups is 1. The third-order valence-electron chi connectivity index (χ3n) is 3.52. The fraction of sp³-hybridized carbons (Fsp3) is 0.462. The van der Waals surface area contributed by atoms with Gasteiger partial charge in [0.2, 0.25) is 0 Å². The second-order valence-corrected chi connectivity index (χ2v) is 5.07. The van der Waals surface area contributed by atoms with Crippen LogP contribution in [0.4, 0.5) is 10.1 Å². The zero-order valence-electron chi connectivity index (χ0n) is 11.8. The Labute approximate surface area is 132 Å². The van der Waals surface area contributed by atoms with Gasteiger partial charge in [-0.25, -0.2) is 4.39 Å². The van der Waals surface area contributed by atoms with Gasteiger partial charge in [0.15, 0.2) is 0 Å². The average molecular weight is 334 g/mol. The minimum atomic E-state index is -0.719. The number of rotatable bonds is 4. The van der Waals surface area contributed by atoms with Gasteiger partial charge < -0.3 is 15.7 Å². The normalized spacial score (nSPS) is 20.3. The number of carbonyl (C=O) groups is 1. The van der Waals surface area contributed by atoms with E-state index in [-0.39, 0.29) is 36.0 Å². The second kappa shape index (κ2) is 7.48. The minimum Gasteiger partial charge on any atom is -0.391 e. The number of aliphatic hydroxyl groups excluding tert-OH is 1. The van der Waals surface area contributed by atoms with Gasteiger partial charge in [0, 0.05) is 31.1 Å². The van der Waals surface area contributed by atoms with Crippen LogP contribution in [-0.2, 0) is 0 Å². The number of aliphatic hydroxyl groups is 1. The standard InChI is InChI=1S/C13H16FN3O4.ClH/c1-7-2-9(14)3-10(12(7)17(20)21)13(19)16-5-8-4-15-6-11(8)18;/h2-3,8,11,15,18H,4-6H2,1H3,(H,16,19);1H. The Morgan fingerprint density at radius 1 is 1.55 bits per heavy atom. The van der Waals surface area contributed by atoms with Crippen molar-refractivity contribution < 1.29 is 19.2 Å². The molecule has 9 heteroatoms. The number of carbonyl (C=O) groups excluding carboxylic acids is 1. The summed E-state index contributed by atoms with van der Waals surface area (Å²) >= 11 is 0. The zero-order valence-corrected chi connectivity index (χ0v) is 12.7. The van der Waals surface area contributed by atoms with Gasteiger partial charge >= 0.3 is 0 Å². The first-order valence-electron chi connectivity index (χ1n) is 6.51. The van der Waals surface area contributed by atoms with E-state index in [0.29, 0.717) is 13.1 Å². The molecule has 22 heavy (non-hydrogen) atoms. The average Bonchev–Trinajstić information content (AvgIpc) is 2.80. The minimum absolute atomic E-state index is 0. The van der Waals surface area contributed by atoms with E-state index in [1.54, 1.807) is 0 Å². The van der Waals surface area contributed by atoms with Gasteiger partial charge in [0.05, 0.1) is 11.0 Å². The Bertz CT molecular complexity index is 585. The van der Waals surface area contributed by atoms with Crippen molar-refractivity contribution in [2.24, 2.45) is 5.92 Å². The molecule has 1 amide bonds. The predicted octanol–water partition coefficient (Wildman–Crippen LogP) is 0.774. The molecule has 1 fully saturated rings. The monoisotopic (exact) mass is 333 g/mol. The summed E-state index contributed by atoms with van der Waals surface area (Å²) in [5, 5.41) is 26.1. The number of benzene rings is 1. The largest absolute Gasteiger partial charge is 0.391 e. The number of hydrogen-bond acceptors (Lipinski definition) is 5. The molecular weight excluding hydrogens is 317 g/mol. The van der Waals surface area contributed by atoms with Gasteiger partial charge in [-0.3, -0.25) is 14.9 Å². The van der Waals surface area contributed by atoms with E-state index < -0.39 is 28.4 Å². The summed E-state index contributed by atoms with van der Waals surface area (Å²) in [6.45, 7) is 2.54. The molecule has 0 aliphatic carbocycles. The molecule has 122 valence electrons. The Morgan fingerprint density at radius 3 is 2.77 bits per heavy atom. The highest BCUT2D eigenvalue weighted by molar-refractivity contribution is 5.98. The number of nitrogens with one attached hydrogen (secondary N) is 2. The Morgan fingerprint density at radius 2 is 2.23 bits per heavy atom. The lowest BCUT2D eigenvalue weighted by Crippen LogP contribution is -2.34. The molecule has 0 radical (unpaired) electrons. The summed E-state index contributed by atoms with van der Waals surface area (Å²) in [6.07, 6.45) is -0.575. The van der Waals surface area contributed by atoms with Crippen LogP contribution in [0.5, 0.6) is 0 Å². The van der Waals surface area contributed by atoms with Crippen LogP contribution in [-0.4, -0.2) is 41.7 Å². The van der Waals surface area contributed by atoms with Crippen LogP contribution in [0.1, 0.15) is 15.9 Å². The maximum absolute atomic E-state index is 13.4. The van der Waals surface area contributed by atoms with Gasteiger partial charge in [-0.2, -0.15) is 0 Å². The van der Waals surface area contributed by atoms with Gasteiger partial charge in [-0.05, 0) is 19.1 Å². The molecule has 3 N–H and O–H groups in total. The van der Waals surface area contributed by atoms with Crippen molar-refractivity contribution in [2.45, 2.75) is 13.0 Å². The molecule has 7 nitrogen and oxygen atoms in total. The molecule has 2 rings (SSSR count). The third-order valence-corrected chi connectivity index (χ3v) is 3.52. The molecular formula is C13H17ClFN3O4. The van der Waals surface area contributed by atoms with Crippen molar-refractivity contribution in [3.63, 3.8) is 0 Å². The Hall–Kier alpha value is -1.77. The Balaban J connectivity index is 0.00000242. The Kier molecular flexibility index (Phi) is 6.21. The maximum atomic E-state index is 13.4. The lowest BCUT2D eigenvalue weighted by molar-refractivity contribution is -0.385. The molecule has 2 atom stereocenters. The summed E-state index contributed by atoms with van der Waals surface area (Å²) in [4.78, 5) is 22.4. The van der Waals surface area contributed by atoms with E-state index in [1.165, 1.54) is 6.92 Å². The molecule has 0 saturated carbocycles. The van der Waals surface area contributed by atoms with Crippen molar-refractivity contribution in [3.8, 4) is 0 Å². The first-order chi connectivity index (χ1) is 9.90. The number of amides is 1. The fourth-order valence-electron chi connectivity index (χ4n) is 2.40. The predicted molar refractivity (Wildman–Crippen MR) is 79.7 cm³/mol. The molecule has 1 aliphatic rings. The molecule has 0 aromatic heterocycles. The van der Waals surface area contributed by atoms with E-state index in [4.69, 9.17) is 0 Å². The highest BCUT2D eigenvalue weighted by Crippen LogP contribution is 2.24. The maximum Gasteiger partial charge on any atom is 0.285 e. The van der Waals surface area contributed by atoms with E-state index in [9.17, 15) is 24.4 Å². The zero-order chi connectivity index (χ0) is 15.6. The summed E-state index contributed by atoms with van der Waals surface area (Å²) in [6, 6.07) is 1.86. The molecule has 1 aromatic rings. The molecule has 1 aliphatic heterocycles. The van der Waals surface area contributed by atoms with Crippen molar-refractivity contribution in [1.82, 2.24) is 10.6 Å². The molecule has 1 saturated heterocycles. The number of aryl methyl sites for hydroxylation is 1. The van der Waals surface area contributed by atoms with Crippen LogP contribution in [0.3, 0.4) is 0 Å². The molecule has 0 spiro atoms. The van der Waals surface area contributed by atoms with Crippen molar-refractivity contribution in [1.29, 1.82) is 0 Å². The smallest absolute Gasteiger partial charge is 0.285 e. The molecule has 1 heterocycles. The van der Waals surface area contributed by atoms with Crippen LogP contribution in [0, 0.1) is 28.8 Å². The number of hydrogen-bond donors (Lipinski definition) is 3. The number of nitrogens with zero attached hydrogens (tertiary/aromatic N) is 1. The fourth-order valence-corrected chi connectivity index (χ4v) is 2.40. The SMILES string of the molecule is Cc1cc(F)cc(C(=O)NCC2CNCC2O)c1[N+](=O)[O-].Cl. The highest BCUT2D eigenvalue weighted by atomic mass is 35.5. The van der Waals surface area contributed by atoms with Gasteiger partial charge in [0.25, 0.3) is 11.6 Å². The van der Waals surface area contributed by atoms with Crippen LogP contribution < -0.4 is 10.6 Å². The number of halogens is 2. The van der Waals surface area contributed by atoms with Crippen molar-refractivity contribution in [2.75, 3.05) is 19.6 Å². The van der Waals surface area contributed by atoms with Gasteiger partial charge in [-0.1, -0.05) is 0 Å². The van der Waals surface area contributed by atoms with E-state index in [0.717, 1.165) is 12.1 Å². The lowest BCUT2D eigenvalue weighted by Gasteiger charge is -2.14. The van der Waals surface area contributed by atoms with E-state index in [1.807, 2.05) is 0 Å². The number of β-amino-alcohol motifs (C(OH)–C–C–N with tert-alkyl or cyclic N) is 1. The first-order valence-corrected chi connectivity index (χ1v) is 6.51. The summed E-state index contributed by atoms with van der Waals surface area (Å²) in [5.74, 6) is -1.59. The summed E-state index contributed by atoms with van der Waals surface area (Å²) in [5.41, 5.74) is -0.621. The van der Waals surface area contributed by atoms with Crippen LogP contribution in [0.25, 0.3) is 0 Å². The van der Waals surface area contributed by atoms with E-state index >= 15 is 0 Å². The summed E-state index contributed by atoms with van der Waals surface area (Å²) < 4.78 is 13.4. The second-order valence-electron chi connectivity index (χ2n) is 5.07. The quantitative estimate of drug-likeness (QED) is 0.558. The topological polar surface area (TPSA) is 104 Å². The highest BCUT2D eigenvalue weighted by Gasteiger charge is 2.28. The molecule has 1 aromatic carbocycles. The van der Waals surface area contributed by atoms with Crippen LogP contribution >= 0.6 is 12.4 Å². The molecule has 2 unspecified atom stereocenters. The van der Waals surface area contributed by atoms with Gasteiger partial charge in [0.1, 0.15) is 11.4 Å².